The molecule has 8 nitrogen and oxygen atoms in total. The van der Waals surface area contributed by atoms with E-state index in [9.17, 15) is 14.4 Å². The van der Waals surface area contributed by atoms with Crippen molar-refractivity contribution < 1.29 is 28.6 Å². The topological polar surface area (TPSA) is 94.2 Å². The van der Waals surface area contributed by atoms with E-state index in [0.717, 1.165) is 0 Å². The summed E-state index contributed by atoms with van der Waals surface area (Å²) in [6.07, 6.45) is 0.0724. The Balaban J connectivity index is 2.25. The average molecular weight is 378 g/mol. The fourth-order valence-corrected chi connectivity index (χ4v) is 2.52. The van der Waals surface area contributed by atoms with Gasteiger partial charge in [0.05, 0.1) is 12.3 Å². The Morgan fingerprint density at radius 2 is 2.04 bits per heavy atom. The molecule has 1 atom stereocenters. The molecule has 0 fully saturated rings. The minimum absolute atomic E-state index is 0.169. The van der Waals surface area contributed by atoms with Crippen LogP contribution in [0, 0.1) is 0 Å². The van der Waals surface area contributed by atoms with Gasteiger partial charge in [-0.3, -0.25) is 15.0 Å². The molecule has 1 N–H and O–H groups in total. The number of nitrogens with zero attached hydrogens (tertiary/aromatic N) is 1. The lowest BCUT2D eigenvalue weighted by Gasteiger charge is -2.33. The third-order valence-electron chi connectivity index (χ3n) is 3.66. The normalized spacial score (nSPS) is 14.7. The summed E-state index contributed by atoms with van der Waals surface area (Å²) in [5, 5.41) is 2.62. The van der Waals surface area contributed by atoms with E-state index in [1.165, 1.54) is 4.90 Å². The van der Waals surface area contributed by atoms with E-state index < -0.39 is 23.7 Å². The van der Waals surface area contributed by atoms with Crippen molar-refractivity contribution in [2.75, 3.05) is 23.4 Å². The number of amides is 2. The molecule has 0 aromatic heterocycles. The summed E-state index contributed by atoms with van der Waals surface area (Å²) in [6.45, 7) is 8.89. The van der Waals surface area contributed by atoms with E-state index in [-0.39, 0.29) is 19.1 Å². The Bertz CT molecular complexity index is 725. The lowest BCUT2D eigenvalue weighted by molar-refractivity contribution is -0.146. The van der Waals surface area contributed by atoms with Crippen LogP contribution in [0.5, 0.6) is 5.75 Å². The Morgan fingerprint density at radius 1 is 1.33 bits per heavy atom. The predicted octanol–water partition coefficient (Wildman–Crippen LogP) is 3.10. The molecule has 0 saturated heterocycles. The largest absolute Gasteiger partial charge is 0.482 e. The highest BCUT2D eigenvalue weighted by Crippen LogP contribution is 2.36. The summed E-state index contributed by atoms with van der Waals surface area (Å²) in [5.41, 5.74) is 0.169. The fraction of sp³-hybridized carbons (Fsp3) is 0.526. The van der Waals surface area contributed by atoms with Crippen molar-refractivity contribution in [1.29, 1.82) is 0 Å². The van der Waals surface area contributed by atoms with Crippen LogP contribution in [0.15, 0.2) is 18.2 Å². The molecule has 0 radical (unpaired) electrons. The summed E-state index contributed by atoms with van der Waals surface area (Å²) < 4.78 is 15.8. The first-order valence-corrected chi connectivity index (χ1v) is 8.88. The smallest absolute Gasteiger partial charge is 0.412 e. The molecule has 148 valence electrons. The van der Waals surface area contributed by atoms with Gasteiger partial charge in [0.15, 0.2) is 6.61 Å². The molecular formula is C19H26N2O6. The van der Waals surface area contributed by atoms with Crippen molar-refractivity contribution in [1.82, 2.24) is 0 Å². The molecule has 0 spiro atoms. The van der Waals surface area contributed by atoms with Crippen molar-refractivity contribution in [3.8, 4) is 5.75 Å². The molecule has 1 aliphatic rings. The first-order valence-electron chi connectivity index (χ1n) is 8.88. The number of hydrogen-bond acceptors (Lipinski definition) is 6. The van der Waals surface area contributed by atoms with Crippen LogP contribution >= 0.6 is 0 Å². The molecule has 1 unspecified atom stereocenters. The number of esters is 1. The van der Waals surface area contributed by atoms with Crippen LogP contribution in [0.4, 0.5) is 16.2 Å². The second kappa shape index (κ2) is 8.28. The van der Waals surface area contributed by atoms with E-state index in [4.69, 9.17) is 14.2 Å². The van der Waals surface area contributed by atoms with Gasteiger partial charge in [0, 0.05) is 5.69 Å². The number of fused-ring (bicyclic) bond motifs is 1. The molecule has 1 aromatic rings. The number of carbonyl (C=O) groups excluding carboxylic acids is 3. The zero-order valence-electron chi connectivity index (χ0n) is 16.3. The molecule has 1 aromatic carbocycles. The summed E-state index contributed by atoms with van der Waals surface area (Å²) >= 11 is 0. The zero-order valence-corrected chi connectivity index (χ0v) is 16.3. The molecule has 8 heteroatoms. The molecule has 2 amide bonds. The Hall–Kier alpha value is -2.77. The summed E-state index contributed by atoms with van der Waals surface area (Å²) in [6, 6.07) is 4.02. The molecule has 0 aliphatic carbocycles. The standard InChI is InChI=1S/C19H26N2O6/c1-6-9-25-17(23)12(2)21-14-10-13(20-18(24)27-19(3,4)5)7-8-15(14)26-11-16(21)22/h7-8,10,12H,6,9,11H2,1-5H3,(H,20,24). The number of nitrogens with one attached hydrogen (secondary N) is 1. The van der Waals surface area contributed by atoms with Crippen molar-refractivity contribution in [3.05, 3.63) is 18.2 Å². The third-order valence-corrected chi connectivity index (χ3v) is 3.66. The van der Waals surface area contributed by atoms with Gasteiger partial charge in [0.25, 0.3) is 5.91 Å². The Labute approximate surface area is 158 Å². The van der Waals surface area contributed by atoms with Crippen molar-refractivity contribution in [2.45, 2.75) is 52.7 Å². The number of hydrogen-bond donors (Lipinski definition) is 1. The van der Waals surface area contributed by atoms with Gasteiger partial charge < -0.3 is 14.2 Å². The average Bonchev–Trinajstić information content (AvgIpc) is 2.57. The molecule has 27 heavy (non-hydrogen) atoms. The number of anilines is 2. The maximum Gasteiger partial charge on any atom is 0.412 e. The molecule has 0 saturated carbocycles. The van der Waals surface area contributed by atoms with Crippen LogP contribution in [-0.2, 0) is 19.1 Å². The van der Waals surface area contributed by atoms with E-state index >= 15 is 0 Å². The van der Waals surface area contributed by atoms with Gasteiger partial charge in [-0.1, -0.05) is 6.92 Å². The van der Waals surface area contributed by atoms with Crippen molar-refractivity contribution >= 4 is 29.3 Å². The number of benzene rings is 1. The summed E-state index contributed by atoms with van der Waals surface area (Å²) in [5.74, 6) is -0.416. The van der Waals surface area contributed by atoms with Crippen LogP contribution in [0.25, 0.3) is 0 Å². The number of carbonyl (C=O) groups is 3. The first kappa shape index (κ1) is 20.5. The lowest BCUT2D eigenvalue weighted by Crippen LogP contribution is -2.48. The Kier molecular flexibility index (Phi) is 6.30. The monoisotopic (exact) mass is 378 g/mol. The minimum Gasteiger partial charge on any atom is -0.482 e. The SMILES string of the molecule is CCCOC(=O)C(C)N1C(=O)COc2ccc(NC(=O)OC(C)(C)C)cc21. The van der Waals surface area contributed by atoms with E-state index in [1.54, 1.807) is 45.9 Å². The first-order chi connectivity index (χ1) is 12.6. The molecular weight excluding hydrogens is 352 g/mol. The lowest BCUT2D eigenvalue weighted by atomic mass is 10.1. The highest BCUT2D eigenvalue weighted by atomic mass is 16.6. The van der Waals surface area contributed by atoms with Crippen LogP contribution in [0.1, 0.15) is 41.0 Å². The van der Waals surface area contributed by atoms with Crippen LogP contribution < -0.4 is 15.0 Å². The summed E-state index contributed by atoms with van der Waals surface area (Å²) in [7, 11) is 0. The van der Waals surface area contributed by atoms with E-state index in [0.29, 0.717) is 23.5 Å². The number of rotatable bonds is 5. The van der Waals surface area contributed by atoms with Gasteiger partial charge in [-0.05, 0) is 52.3 Å². The predicted molar refractivity (Wildman–Crippen MR) is 100.0 cm³/mol. The zero-order chi connectivity index (χ0) is 20.2. The van der Waals surface area contributed by atoms with Crippen molar-refractivity contribution in [3.63, 3.8) is 0 Å². The van der Waals surface area contributed by atoms with Crippen molar-refractivity contribution in [2.24, 2.45) is 0 Å². The van der Waals surface area contributed by atoms with Gasteiger partial charge in [0.1, 0.15) is 17.4 Å². The van der Waals surface area contributed by atoms with Gasteiger partial charge in [-0.25, -0.2) is 9.59 Å². The maximum absolute atomic E-state index is 12.4. The van der Waals surface area contributed by atoms with Gasteiger partial charge >= 0.3 is 12.1 Å². The number of ether oxygens (including phenoxy) is 3. The third kappa shape index (κ3) is 5.35. The highest BCUT2D eigenvalue weighted by molar-refractivity contribution is 6.03. The minimum atomic E-state index is -0.816. The molecule has 1 heterocycles. The van der Waals surface area contributed by atoms with E-state index in [2.05, 4.69) is 5.32 Å². The molecule has 1 aliphatic heterocycles. The fourth-order valence-electron chi connectivity index (χ4n) is 2.52. The highest BCUT2D eigenvalue weighted by Gasteiger charge is 2.34. The van der Waals surface area contributed by atoms with E-state index in [1.807, 2.05) is 6.92 Å². The van der Waals surface area contributed by atoms with Gasteiger partial charge in [0.2, 0.25) is 0 Å². The molecule has 2 rings (SSSR count). The van der Waals surface area contributed by atoms with Crippen LogP contribution in [0.2, 0.25) is 0 Å². The van der Waals surface area contributed by atoms with Gasteiger partial charge in [-0.2, -0.15) is 0 Å². The molecule has 0 bridgehead atoms. The Morgan fingerprint density at radius 3 is 2.67 bits per heavy atom. The van der Waals surface area contributed by atoms with Crippen LogP contribution in [0.3, 0.4) is 0 Å². The summed E-state index contributed by atoms with van der Waals surface area (Å²) in [4.78, 5) is 37.9. The van der Waals surface area contributed by atoms with Gasteiger partial charge in [-0.15, -0.1) is 0 Å². The maximum atomic E-state index is 12.4. The second-order valence-electron chi connectivity index (χ2n) is 7.21. The quantitative estimate of drug-likeness (QED) is 0.791. The second-order valence-corrected chi connectivity index (χ2v) is 7.21. The van der Waals surface area contributed by atoms with Crippen LogP contribution in [-0.4, -0.2) is 42.8 Å².